The van der Waals surface area contributed by atoms with Gasteiger partial charge in [0.05, 0.1) is 22.6 Å². The van der Waals surface area contributed by atoms with E-state index in [0.29, 0.717) is 18.0 Å². The second kappa shape index (κ2) is 4.63. The molecule has 0 atom stereocenters. The molecule has 16 heavy (non-hydrogen) atoms. The molecule has 1 aromatic carbocycles. The quantitative estimate of drug-likeness (QED) is 0.892. The highest BCUT2D eigenvalue weighted by atomic mass is 35.5. The predicted octanol–water partition coefficient (Wildman–Crippen LogP) is 2.17. The fourth-order valence-corrected chi connectivity index (χ4v) is 1.74. The summed E-state index contributed by atoms with van der Waals surface area (Å²) in [7, 11) is 0. The molecular formula is C11H11ClFN3. The Balaban J connectivity index is 2.43. The van der Waals surface area contributed by atoms with Crippen LogP contribution < -0.4 is 5.73 Å². The maximum atomic E-state index is 12.8. The van der Waals surface area contributed by atoms with Crippen molar-refractivity contribution >= 4 is 11.6 Å². The van der Waals surface area contributed by atoms with E-state index in [4.69, 9.17) is 17.3 Å². The minimum atomic E-state index is -0.276. The molecule has 0 aliphatic carbocycles. The van der Waals surface area contributed by atoms with Gasteiger partial charge in [0.15, 0.2) is 0 Å². The van der Waals surface area contributed by atoms with Crippen molar-refractivity contribution in [2.45, 2.75) is 6.42 Å². The molecule has 5 heteroatoms. The average Bonchev–Trinajstić information content (AvgIpc) is 2.63. The van der Waals surface area contributed by atoms with Gasteiger partial charge in [-0.05, 0) is 30.8 Å². The van der Waals surface area contributed by atoms with Crippen molar-refractivity contribution in [1.29, 1.82) is 0 Å². The fraction of sp³-hybridized carbons (Fsp3) is 0.182. The van der Waals surface area contributed by atoms with Crippen LogP contribution in [0, 0.1) is 5.82 Å². The van der Waals surface area contributed by atoms with E-state index in [0.717, 1.165) is 11.4 Å². The third-order valence-corrected chi connectivity index (χ3v) is 2.59. The van der Waals surface area contributed by atoms with Gasteiger partial charge >= 0.3 is 0 Å². The Hall–Kier alpha value is -1.39. The van der Waals surface area contributed by atoms with Crippen LogP contribution in [0.15, 0.2) is 30.5 Å². The number of halogens is 2. The first-order valence-electron chi connectivity index (χ1n) is 4.91. The van der Waals surface area contributed by atoms with Gasteiger partial charge in [-0.3, -0.25) is 0 Å². The molecule has 1 aromatic heterocycles. The van der Waals surface area contributed by atoms with Crippen molar-refractivity contribution in [1.82, 2.24) is 9.78 Å². The van der Waals surface area contributed by atoms with Gasteiger partial charge in [0.1, 0.15) is 5.82 Å². The lowest BCUT2D eigenvalue weighted by atomic mass is 10.2. The van der Waals surface area contributed by atoms with Gasteiger partial charge in [0, 0.05) is 6.42 Å². The molecule has 0 radical (unpaired) electrons. The van der Waals surface area contributed by atoms with Crippen molar-refractivity contribution in [2.24, 2.45) is 5.73 Å². The van der Waals surface area contributed by atoms with Gasteiger partial charge < -0.3 is 5.73 Å². The molecule has 0 fully saturated rings. The number of nitrogens with two attached hydrogens (primary N) is 1. The minimum Gasteiger partial charge on any atom is -0.330 e. The predicted molar refractivity (Wildman–Crippen MR) is 61.3 cm³/mol. The highest BCUT2D eigenvalue weighted by molar-refractivity contribution is 6.31. The molecule has 0 aliphatic rings. The molecule has 0 saturated heterocycles. The van der Waals surface area contributed by atoms with Crippen molar-refractivity contribution < 1.29 is 4.39 Å². The molecule has 2 rings (SSSR count). The highest BCUT2D eigenvalue weighted by Gasteiger charge is 2.09. The summed E-state index contributed by atoms with van der Waals surface area (Å²) in [4.78, 5) is 0. The zero-order valence-corrected chi connectivity index (χ0v) is 9.28. The van der Waals surface area contributed by atoms with E-state index in [1.54, 1.807) is 23.0 Å². The summed E-state index contributed by atoms with van der Waals surface area (Å²) in [6.07, 6.45) is 2.20. The largest absolute Gasteiger partial charge is 0.330 e. The third kappa shape index (κ3) is 2.08. The normalized spacial score (nSPS) is 10.7. The Kier molecular flexibility index (Phi) is 3.22. The van der Waals surface area contributed by atoms with Gasteiger partial charge in [-0.1, -0.05) is 11.6 Å². The Morgan fingerprint density at radius 3 is 2.62 bits per heavy atom. The first-order valence-corrected chi connectivity index (χ1v) is 5.28. The summed E-state index contributed by atoms with van der Waals surface area (Å²) in [6.45, 7) is 0.493. The molecular weight excluding hydrogens is 229 g/mol. The van der Waals surface area contributed by atoms with Crippen LogP contribution >= 0.6 is 11.6 Å². The fourth-order valence-electron chi connectivity index (χ4n) is 1.52. The van der Waals surface area contributed by atoms with E-state index < -0.39 is 0 Å². The van der Waals surface area contributed by atoms with Crippen molar-refractivity contribution in [3.63, 3.8) is 0 Å². The third-order valence-electron chi connectivity index (χ3n) is 2.27. The molecule has 84 valence electrons. The SMILES string of the molecule is NCCc1c(Cl)cnn1-c1ccc(F)cc1. The molecule has 0 amide bonds. The average molecular weight is 240 g/mol. The molecule has 0 saturated carbocycles. The summed E-state index contributed by atoms with van der Waals surface area (Å²) in [5.74, 6) is -0.276. The number of nitrogens with zero attached hydrogens (tertiary/aromatic N) is 2. The molecule has 1 heterocycles. The number of hydrogen-bond acceptors (Lipinski definition) is 2. The second-order valence-corrected chi connectivity index (χ2v) is 3.77. The van der Waals surface area contributed by atoms with Crippen LogP contribution in [0.5, 0.6) is 0 Å². The lowest BCUT2D eigenvalue weighted by Crippen LogP contribution is -2.09. The van der Waals surface area contributed by atoms with Crippen molar-refractivity contribution in [3.8, 4) is 5.69 Å². The van der Waals surface area contributed by atoms with Gasteiger partial charge in [-0.2, -0.15) is 5.10 Å². The maximum absolute atomic E-state index is 12.8. The number of aromatic nitrogens is 2. The number of rotatable bonds is 3. The van der Waals surface area contributed by atoms with Crippen LogP contribution in [0.4, 0.5) is 4.39 Å². The van der Waals surface area contributed by atoms with Gasteiger partial charge in [0.25, 0.3) is 0 Å². The van der Waals surface area contributed by atoms with E-state index in [1.165, 1.54) is 12.1 Å². The zero-order valence-electron chi connectivity index (χ0n) is 8.53. The first-order chi connectivity index (χ1) is 7.72. The lowest BCUT2D eigenvalue weighted by Gasteiger charge is -2.06. The topological polar surface area (TPSA) is 43.8 Å². The molecule has 2 N–H and O–H groups in total. The monoisotopic (exact) mass is 239 g/mol. The number of benzene rings is 1. The van der Waals surface area contributed by atoms with E-state index in [-0.39, 0.29) is 5.82 Å². The molecule has 3 nitrogen and oxygen atoms in total. The zero-order chi connectivity index (χ0) is 11.5. The van der Waals surface area contributed by atoms with E-state index in [9.17, 15) is 4.39 Å². The Labute approximate surface area is 97.6 Å². The van der Waals surface area contributed by atoms with Crippen LogP contribution in [-0.4, -0.2) is 16.3 Å². The Bertz CT molecular complexity index is 478. The second-order valence-electron chi connectivity index (χ2n) is 3.37. The van der Waals surface area contributed by atoms with Gasteiger partial charge in [-0.25, -0.2) is 9.07 Å². The standard InChI is InChI=1S/C11H11ClFN3/c12-10-7-15-16(11(10)5-6-14)9-3-1-8(13)2-4-9/h1-4,7H,5-6,14H2. The van der Waals surface area contributed by atoms with Crippen LogP contribution in [-0.2, 0) is 6.42 Å². The van der Waals surface area contributed by atoms with Crippen LogP contribution in [0.2, 0.25) is 5.02 Å². The van der Waals surface area contributed by atoms with E-state index >= 15 is 0 Å². The van der Waals surface area contributed by atoms with Crippen molar-refractivity contribution in [3.05, 3.63) is 47.0 Å². The maximum Gasteiger partial charge on any atom is 0.123 e. The number of hydrogen-bond donors (Lipinski definition) is 1. The molecule has 0 bridgehead atoms. The van der Waals surface area contributed by atoms with Crippen molar-refractivity contribution in [2.75, 3.05) is 6.54 Å². The molecule has 2 aromatic rings. The Morgan fingerprint density at radius 2 is 2.00 bits per heavy atom. The lowest BCUT2D eigenvalue weighted by molar-refractivity contribution is 0.626. The van der Waals surface area contributed by atoms with E-state index in [1.807, 2.05) is 0 Å². The first kappa shape index (κ1) is 11.1. The van der Waals surface area contributed by atoms with Crippen LogP contribution in [0.3, 0.4) is 0 Å². The van der Waals surface area contributed by atoms with Crippen LogP contribution in [0.1, 0.15) is 5.69 Å². The smallest absolute Gasteiger partial charge is 0.123 e. The van der Waals surface area contributed by atoms with E-state index in [2.05, 4.69) is 5.10 Å². The highest BCUT2D eigenvalue weighted by Crippen LogP contribution is 2.19. The summed E-state index contributed by atoms with van der Waals surface area (Å²) in [5.41, 5.74) is 7.12. The van der Waals surface area contributed by atoms with Crippen LogP contribution in [0.25, 0.3) is 5.69 Å². The summed E-state index contributed by atoms with van der Waals surface area (Å²) in [6, 6.07) is 6.08. The van der Waals surface area contributed by atoms with Gasteiger partial charge in [-0.15, -0.1) is 0 Å². The minimum absolute atomic E-state index is 0.276. The molecule has 0 unspecified atom stereocenters. The summed E-state index contributed by atoms with van der Waals surface area (Å²) < 4.78 is 14.5. The molecule has 0 spiro atoms. The summed E-state index contributed by atoms with van der Waals surface area (Å²) >= 11 is 5.99. The van der Waals surface area contributed by atoms with Gasteiger partial charge in [0.2, 0.25) is 0 Å². The Morgan fingerprint density at radius 1 is 1.31 bits per heavy atom. The molecule has 0 aliphatic heterocycles. The summed E-state index contributed by atoms with van der Waals surface area (Å²) in [5, 5.41) is 4.72.